The molecule has 0 aliphatic rings. The van der Waals surface area contributed by atoms with Crippen molar-refractivity contribution in [3.63, 3.8) is 0 Å². The van der Waals surface area contributed by atoms with E-state index < -0.39 is 5.97 Å². The van der Waals surface area contributed by atoms with E-state index in [1.54, 1.807) is 48.7 Å². The molecule has 2 aromatic carbocycles. The molecule has 0 aliphatic heterocycles. The highest BCUT2D eigenvalue weighted by molar-refractivity contribution is 6.42. The Kier molecular flexibility index (Phi) is 5.49. The lowest BCUT2D eigenvalue weighted by Crippen LogP contribution is -2.22. The van der Waals surface area contributed by atoms with Gasteiger partial charge in [-0.3, -0.25) is 4.79 Å². The normalized spacial score (nSPS) is 10.7. The van der Waals surface area contributed by atoms with Crippen molar-refractivity contribution in [3.05, 3.63) is 74.6 Å². The summed E-state index contributed by atoms with van der Waals surface area (Å²) in [6.45, 7) is 0.0423. The molecule has 0 aliphatic carbocycles. The zero-order chi connectivity index (χ0) is 18.7. The van der Waals surface area contributed by atoms with Crippen molar-refractivity contribution in [2.45, 2.75) is 6.54 Å². The van der Waals surface area contributed by atoms with Gasteiger partial charge in [0.2, 0.25) is 0 Å². The van der Waals surface area contributed by atoms with Crippen molar-refractivity contribution in [2.24, 2.45) is 0 Å². The van der Waals surface area contributed by atoms with Crippen molar-refractivity contribution >= 4 is 39.9 Å². The molecule has 0 saturated heterocycles. The lowest BCUT2D eigenvalue weighted by atomic mass is 10.1. The maximum Gasteiger partial charge on any atom is 0.343 e. The number of pyridine rings is 1. The molecule has 0 fully saturated rings. The van der Waals surface area contributed by atoms with Gasteiger partial charge in [0.05, 0.1) is 35.3 Å². The van der Waals surface area contributed by atoms with Crippen LogP contribution in [0.4, 0.5) is 0 Å². The predicted molar refractivity (Wildman–Crippen MR) is 101 cm³/mol. The Hall–Kier alpha value is -2.50. The summed E-state index contributed by atoms with van der Waals surface area (Å²) >= 11 is 12.0. The Morgan fingerprint density at radius 1 is 1.08 bits per heavy atom. The summed E-state index contributed by atoms with van der Waals surface area (Å²) in [5.74, 6) is -0.0815. The van der Waals surface area contributed by atoms with Crippen LogP contribution in [0.3, 0.4) is 0 Å². The summed E-state index contributed by atoms with van der Waals surface area (Å²) in [4.78, 5) is 24.2. The molecular formula is C19H15Cl2NO4. The topological polar surface area (TPSA) is 57.5 Å². The number of halogens is 2. The Morgan fingerprint density at radius 3 is 2.50 bits per heavy atom. The highest BCUT2D eigenvalue weighted by Gasteiger charge is 2.12. The summed E-state index contributed by atoms with van der Waals surface area (Å²) in [5.41, 5.74) is 0.646. The Labute approximate surface area is 159 Å². The number of aromatic nitrogens is 1. The molecule has 0 N–H and O–H groups in total. The molecule has 3 aromatic rings. The summed E-state index contributed by atoms with van der Waals surface area (Å²) in [5, 5.41) is 1.99. The van der Waals surface area contributed by atoms with Crippen LogP contribution in [0.2, 0.25) is 10.0 Å². The van der Waals surface area contributed by atoms with Gasteiger partial charge in [0, 0.05) is 5.39 Å². The van der Waals surface area contributed by atoms with Crippen LogP contribution >= 0.6 is 23.2 Å². The molecule has 0 saturated carbocycles. The van der Waals surface area contributed by atoms with Crippen LogP contribution in [0, 0.1) is 0 Å². The Morgan fingerprint density at radius 2 is 1.81 bits per heavy atom. The Bertz CT molecular complexity index is 1030. The molecule has 26 heavy (non-hydrogen) atoms. The number of hydrogen-bond donors (Lipinski definition) is 0. The molecule has 3 rings (SSSR count). The van der Waals surface area contributed by atoms with Gasteiger partial charge in [0.1, 0.15) is 5.75 Å². The maximum absolute atomic E-state index is 12.8. The molecule has 0 atom stereocenters. The number of esters is 1. The molecule has 7 heteroatoms. The second kappa shape index (κ2) is 7.81. The fourth-order valence-corrected chi connectivity index (χ4v) is 2.89. The number of nitrogens with zero attached hydrogens (tertiary/aromatic N) is 1. The van der Waals surface area contributed by atoms with Crippen LogP contribution in [-0.2, 0) is 16.1 Å². The van der Waals surface area contributed by atoms with E-state index >= 15 is 0 Å². The van der Waals surface area contributed by atoms with Crippen molar-refractivity contribution in [3.8, 4) is 5.75 Å². The third kappa shape index (κ3) is 3.84. The van der Waals surface area contributed by atoms with E-state index in [0.29, 0.717) is 26.6 Å². The quantitative estimate of drug-likeness (QED) is 0.618. The summed E-state index contributed by atoms with van der Waals surface area (Å²) < 4.78 is 11.7. The third-order valence-electron chi connectivity index (χ3n) is 3.87. The lowest BCUT2D eigenvalue weighted by Gasteiger charge is -2.13. The number of benzene rings is 2. The van der Waals surface area contributed by atoms with E-state index in [4.69, 9.17) is 27.9 Å². The van der Waals surface area contributed by atoms with Crippen molar-refractivity contribution in [1.29, 1.82) is 0 Å². The minimum absolute atomic E-state index is 0.169. The third-order valence-corrected chi connectivity index (χ3v) is 4.61. The first-order chi connectivity index (χ1) is 12.5. The molecule has 5 nitrogen and oxygen atoms in total. The minimum Gasteiger partial charge on any atom is -0.480 e. The average molecular weight is 392 g/mol. The largest absolute Gasteiger partial charge is 0.480 e. The van der Waals surface area contributed by atoms with Crippen molar-refractivity contribution < 1.29 is 14.3 Å². The number of rotatable bonds is 5. The molecule has 0 radical (unpaired) electrons. The van der Waals surface area contributed by atoms with Gasteiger partial charge in [0.25, 0.3) is 5.56 Å². The maximum atomic E-state index is 12.8. The van der Waals surface area contributed by atoms with Gasteiger partial charge in [-0.05, 0) is 23.8 Å². The number of carbonyl (C=O) groups is 1. The fourth-order valence-electron chi connectivity index (χ4n) is 2.57. The lowest BCUT2D eigenvalue weighted by molar-refractivity contribution is -0.142. The number of carbonyl (C=O) groups excluding carboxylic acids is 1. The molecular weight excluding hydrogens is 377 g/mol. The SMILES string of the molecule is COC(=O)COc1cn(Cc2ccc(Cl)c(Cl)c2)c(=O)c2ccccc12. The van der Waals surface area contributed by atoms with Gasteiger partial charge in [-0.25, -0.2) is 4.79 Å². The first-order valence-electron chi connectivity index (χ1n) is 7.75. The summed E-state index contributed by atoms with van der Waals surface area (Å²) in [7, 11) is 1.29. The predicted octanol–water partition coefficient (Wildman–Crippen LogP) is 3.91. The number of methoxy groups -OCH3 is 1. The van der Waals surface area contributed by atoms with Gasteiger partial charge < -0.3 is 14.0 Å². The molecule has 0 spiro atoms. The minimum atomic E-state index is -0.503. The van der Waals surface area contributed by atoms with Crippen LogP contribution in [0.5, 0.6) is 5.75 Å². The van der Waals surface area contributed by atoms with Crippen molar-refractivity contribution in [1.82, 2.24) is 4.57 Å². The van der Waals surface area contributed by atoms with Gasteiger partial charge >= 0.3 is 5.97 Å². The molecule has 1 aromatic heterocycles. The fraction of sp³-hybridized carbons (Fsp3) is 0.158. The van der Waals surface area contributed by atoms with Gasteiger partial charge in [-0.1, -0.05) is 47.5 Å². The van der Waals surface area contributed by atoms with Crippen LogP contribution in [0.25, 0.3) is 10.8 Å². The number of fused-ring (bicyclic) bond motifs is 1. The van der Waals surface area contributed by atoms with E-state index in [2.05, 4.69) is 4.74 Å². The number of hydrogen-bond acceptors (Lipinski definition) is 4. The zero-order valence-corrected chi connectivity index (χ0v) is 15.4. The number of ether oxygens (including phenoxy) is 2. The Balaban J connectivity index is 2.04. The van der Waals surface area contributed by atoms with E-state index in [9.17, 15) is 9.59 Å². The van der Waals surface area contributed by atoms with Crippen LogP contribution in [-0.4, -0.2) is 24.3 Å². The molecule has 0 amide bonds. The van der Waals surface area contributed by atoms with E-state index in [-0.39, 0.29) is 18.7 Å². The highest BCUT2D eigenvalue weighted by Crippen LogP contribution is 2.25. The molecule has 134 valence electrons. The zero-order valence-electron chi connectivity index (χ0n) is 13.9. The molecule has 0 unspecified atom stereocenters. The van der Waals surface area contributed by atoms with Gasteiger partial charge in [0.15, 0.2) is 6.61 Å². The standard InChI is InChI=1S/C19H15Cl2NO4/c1-25-18(23)11-26-17-10-22(9-12-6-7-15(20)16(21)8-12)19(24)14-5-3-2-4-13(14)17/h2-8,10H,9,11H2,1H3. The van der Waals surface area contributed by atoms with Crippen LogP contribution in [0.15, 0.2) is 53.5 Å². The monoisotopic (exact) mass is 391 g/mol. The second-order valence-electron chi connectivity index (χ2n) is 5.59. The van der Waals surface area contributed by atoms with Crippen LogP contribution < -0.4 is 10.3 Å². The van der Waals surface area contributed by atoms with E-state index in [1.165, 1.54) is 11.7 Å². The summed E-state index contributed by atoms with van der Waals surface area (Å²) in [6, 6.07) is 12.2. The van der Waals surface area contributed by atoms with E-state index in [1.807, 2.05) is 0 Å². The van der Waals surface area contributed by atoms with Crippen molar-refractivity contribution in [2.75, 3.05) is 13.7 Å². The van der Waals surface area contributed by atoms with Crippen LogP contribution in [0.1, 0.15) is 5.56 Å². The molecule has 1 heterocycles. The first-order valence-corrected chi connectivity index (χ1v) is 8.51. The van der Waals surface area contributed by atoms with Gasteiger partial charge in [-0.15, -0.1) is 0 Å². The van der Waals surface area contributed by atoms with Gasteiger partial charge in [-0.2, -0.15) is 0 Å². The van der Waals surface area contributed by atoms with E-state index in [0.717, 1.165) is 5.56 Å². The second-order valence-corrected chi connectivity index (χ2v) is 6.40. The smallest absolute Gasteiger partial charge is 0.343 e. The average Bonchev–Trinajstić information content (AvgIpc) is 2.65. The molecule has 0 bridgehead atoms. The summed E-state index contributed by atoms with van der Waals surface area (Å²) in [6.07, 6.45) is 1.58. The first kappa shape index (κ1) is 18.3. The highest BCUT2D eigenvalue weighted by atomic mass is 35.5.